The highest BCUT2D eigenvalue weighted by Gasteiger charge is 2.48. The molecular formula is C41H77NO11S. The second kappa shape index (κ2) is 32.6. The van der Waals surface area contributed by atoms with Crippen molar-refractivity contribution in [3.63, 3.8) is 0 Å². The van der Waals surface area contributed by atoms with Gasteiger partial charge in [0.2, 0.25) is 5.91 Å². The van der Waals surface area contributed by atoms with E-state index in [0.717, 1.165) is 57.8 Å². The molecule has 12 nitrogen and oxygen atoms in total. The third kappa shape index (κ3) is 25.7. The van der Waals surface area contributed by atoms with Gasteiger partial charge in [0.1, 0.15) is 24.4 Å². The minimum absolute atomic E-state index is 0.258. The fourth-order valence-electron chi connectivity index (χ4n) is 6.61. The number of ether oxygens (including phenoxy) is 2. The summed E-state index contributed by atoms with van der Waals surface area (Å²) >= 11 is 0. The maximum absolute atomic E-state index is 12.9. The molecule has 13 heteroatoms. The summed E-state index contributed by atoms with van der Waals surface area (Å²) in [5.41, 5.74) is 0. The van der Waals surface area contributed by atoms with Crippen LogP contribution >= 0.6 is 0 Å². The van der Waals surface area contributed by atoms with Crippen molar-refractivity contribution in [2.24, 2.45) is 0 Å². The molecule has 0 saturated carbocycles. The number of allylic oxidation sites excluding steroid dienone is 3. The SMILES string of the molecule is CCCC/C=C\CCCCCCCC(=O)NC(COC1OC(CO)C(O)C(OS(=O)(=O)O)C1O)C(O)/C=C/CCCCCCCCCCCCCCCC. The average molecular weight is 792 g/mol. The van der Waals surface area contributed by atoms with Crippen LogP contribution in [-0.2, 0) is 28.9 Å². The molecule has 0 aromatic heterocycles. The van der Waals surface area contributed by atoms with Crippen molar-refractivity contribution in [2.75, 3.05) is 13.2 Å². The topological polar surface area (TPSA) is 192 Å². The maximum Gasteiger partial charge on any atom is 0.397 e. The Labute approximate surface area is 327 Å². The van der Waals surface area contributed by atoms with Crippen molar-refractivity contribution in [1.82, 2.24) is 5.32 Å². The monoisotopic (exact) mass is 792 g/mol. The molecule has 0 radical (unpaired) electrons. The van der Waals surface area contributed by atoms with Gasteiger partial charge in [-0.15, -0.1) is 0 Å². The Bertz CT molecular complexity index is 1070. The van der Waals surface area contributed by atoms with Crippen molar-refractivity contribution in [1.29, 1.82) is 0 Å². The number of unbranched alkanes of at least 4 members (excludes halogenated alkanes) is 21. The zero-order chi connectivity index (χ0) is 39.9. The summed E-state index contributed by atoms with van der Waals surface area (Å²) < 4.78 is 47.4. The van der Waals surface area contributed by atoms with E-state index in [0.29, 0.717) is 6.42 Å². The molecule has 0 aromatic rings. The predicted octanol–water partition coefficient (Wildman–Crippen LogP) is 7.38. The van der Waals surface area contributed by atoms with Crippen LogP contribution in [0.2, 0.25) is 0 Å². The van der Waals surface area contributed by atoms with Gasteiger partial charge in [-0.2, -0.15) is 8.42 Å². The number of carbonyl (C=O) groups is 1. The number of hydrogen-bond donors (Lipinski definition) is 6. The lowest BCUT2D eigenvalue weighted by Gasteiger charge is -2.41. The van der Waals surface area contributed by atoms with E-state index in [1.807, 2.05) is 6.08 Å². The zero-order valence-electron chi connectivity index (χ0n) is 33.5. The molecule has 1 aliphatic heterocycles. The number of amides is 1. The van der Waals surface area contributed by atoms with Gasteiger partial charge in [0, 0.05) is 6.42 Å². The number of aliphatic hydroxyl groups is 4. The van der Waals surface area contributed by atoms with Crippen LogP contribution in [0.4, 0.5) is 0 Å². The summed E-state index contributed by atoms with van der Waals surface area (Å²) in [6.07, 6.45) is 26.5. The van der Waals surface area contributed by atoms with Crippen LogP contribution in [-0.4, -0.2) is 95.4 Å². The summed E-state index contributed by atoms with van der Waals surface area (Å²) in [5.74, 6) is -0.275. The van der Waals surface area contributed by atoms with E-state index in [-0.39, 0.29) is 18.9 Å². The van der Waals surface area contributed by atoms with Gasteiger partial charge in [0.25, 0.3) is 0 Å². The van der Waals surface area contributed by atoms with E-state index >= 15 is 0 Å². The van der Waals surface area contributed by atoms with Gasteiger partial charge in [-0.25, -0.2) is 4.18 Å². The first-order chi connectivity index (χ1) is 26.0. The van der Waals surface area contributed by atoms with E-state index in [2.05, 4.69) is 35.5 Å². The lowest BCUT2D eigenvalue weighted by molar-refractivity contribution is -0.298. The molecule has 1 rings (SSSR count). The van der Waals surface area contributed by atoms with Crippen LogP contribution in [0.1, 0.15) is 174 Å². The molecule has 1 fully saturated rings. The van der Waals surface area contributed by atoms with E-state index < -0.39 is 59.9 Å². The quantitative estimate of drug-likeness (QED) is 0.0213. The van der Waals surface area contributed by atoms with Gasteiger partial charge >= 0.3 is 10.4 Å². The Hall–Kier alpha value is -1.42. The third-order valence-corrected chi connectivity index (χ3v) is 10.4. The summed E-state index contributed by atoms with van der Waals surface area (Å²) in [6.45, 7) is 3.32. The van der Waals surface area contributed by atoms with Crippen LogP contribution in [0.25, 0.3) is 0 Å². The molecule has 0 spiro atoms. The van der Waals surface area contributed by atoms with E-state index in [4.69, 9.17) is 14.0 Å². The Morgan fingerprint density at radius 1 is 0.722 bits per heavy atom. The minimum atomic E-state index is -5.08. The molecule has 1 aliphatic rings. The molecule has 0 aromatic carbocycles. The number of rotatable bonds is 35. The van der Waals surface area contributed by atoms with Crippen molar-refractivity contribution in [3.8, 4) is 0 Å². The van der Waals surface area contributed by atoms with Crippen LogP contribution in [0.3, 0.4) is 0 Å². The van der Waals surface area contributed by atoms with Gasteiger partial charge in [-0.05, 0) is 38.5 Å². The first-order valence-electron chi connectivity index (χ1n) is 21.2. The number of carbonyl (C=O) groups excluding carboxylic acids is 1. The molecule has 0 bridgehead atoms. The molecule has 1 heterocycles. The van der Waals surface area contributed by atoms with Gasteiger partial charge < -0.3 is 35.2 Å². The second-order valence-corrected chi connectivity index (χ2v) is 16.0. The van der Waals surface area contributed by atoms with Crippen LogP contribution in [0.15, 0.2) is 24.3 Å². The van der Waals surface area contributed by atoms with Crippen molar-refractivity contribution < 1.29 is 51.8 Å². The standard InChI is InChI=1S/C41H77NO11S/c1-3-5-7-9-11-13-15-16-17-18-19-21-22-24-26-28-30-35(44)34(42-37(45)31-29-27-25-23-20-14-12-10-8-6-4-2)33-51-41-39(47)40(53-54(48,49)50)38(46)36(32-43)52-41/h10,12,28,30,34-36,38-41,43-44,46-47H,3-9,11,13-27,29,31-33H2,1-2H3,(H,42,45)(H,48,49,50)/b12-10-,30-28+. The first kappa shape index (κ1) is 50.6. The third-order valence-electron chi connectivity index (χ3n) is 9.98. The normalized spacial score (nSPS) is 21.9. The average Bonchev–Trinajstić information content (AvgIpc) is 3.14. The molecular weight excluding hydrogens is 715 g/mol. The lowest BCUT2D eigenvalue weighted by atomic mass is 9.99. The molecule has 0 aliphatic carbocycles. The summed E-state index contributed by atoms with van der Waals surface area (Å²) in [7, 11) is -5.08. The molecule has 6 N–H and O–H groups in total. The summed E-state index contributed by atoms with van der Waals surface area (Å²) in [4.78, 5) is 12.9. The van der Waals surface area contributed by atoms with Crippen molar-refractivity contribution in [3.05, 3.63) is 24.3 Å². The molecule has 1 saturated heterocycles. The van der Waals surface area contributed by atoms with Crippen molar-refractivity contribution in [2.45, 2.75) is 217 Å². The molecule has 54 heavy (non-hydrogen) atoms. The minimum Gasteiger partial charge on any atom is -0.394 e. The Morgan fingerprint density at radius 2 is 1.20 bits per heavy atom. The van der Waals surface area contributed by atoms with E-state index in [1.165, 1.54) is 89.9 Å². The van der Waals surface area contributed by atoms with Gasteiger partial charge in [0.05, 0.1) is 25.4 Å². The number of hydrogen-bond acceptors (Lipinski definition) is 10. The van der Waals surface area contributed by atoms with Gasteiger partial charge in [-0.1, -0.05) is 154 Å². The van der Waals surface area contributed by atoms with Gasteiger partial charge in [0.15, 0.2) is 6.29 Å². The van der Waals surface area contributed by atoms with Crippen LogP contribution in [0, 0.1) is 0 Å². The highest BCUT2D eigenvalue weighted by atomic mass is 32.3. The maximum atomic E-state index is 12.9. The van der Waals surface area contributed by atoms with Crippen molar-refractivity contribution >= 4 is 16.3 Å². The van der Waals surface area contributed by atoms with E-state index in [9.17, 15) is 33.6 Å². The summed E-state index contributed by atoms with van der Waals surface area (Å²) in [5, 5.41) is 44.5. The Kier molecular flexibility index (Phi) is 30.6. The molecule has 318 valence electrons. The predicted molar refractivity (Wildman–Crippen MR) is 213 cm³/mol. The highest BCUT2D eigenvalue weighted by molar-refractivity contribution is 7.80. The molecule has 1 amide bonds. The van der Waals surface area contributed by atoms with Crippen LogP contribution < -0.4 is 5.32 Å². The second-order valence-electron chi connectivity index (χ2n) is 14.9. The first-order valence-corrected chi connectivity index (χ1v) is 22.6. The lowest BCUT2D eigenvalue weighted by Crippen LogP contribution is -2.61. The Morgan fingerprint density at radius 3 is 1.72 bits per heavy atom. The summed E-state index contributed by atoms with van der Waals surface area (Å²) in [6, 6.07) is -0.944. The number of nitrogens with one attached hydrogen (secondary N) is 1. The fourth-order valence-corrected chi connectivity index (χ4v) is 7.12. The van der Waals surface area contributed by atoms with E-state index in [1.54, 1.807) is 6.08 Å². The largest absolute Gasteiger partial charge is 0.397 e. The van der Waals surface area contributed by atoms with Gasteiger partial charge in [-0.3, -0.25) is 9.35 Å². The number of aliphatic hydroxyl groups excluding tert-OH is 4. The molecule has 7 atom stereocenters. The highest BCUT2D eigenvalue weighted by Crippen LogP contribution is 2.26. The smallest absolute Gasteiger partial charge is 0.394 e. The fraction of sp³-hybridized carbons (Fsp3) is 0.878. The Balaban J connectivity index is 2.58. The van der Waals surface area contributed by atoms with Crippen LogP contribution in [0.5, 0.6) is 0 Å². The molecule has 7 unspecified atom stereocenters. The zero-order valence-corrected chi connectivity index (χ0v) is 34.4.